The maximum absolute atomic E-state index is 12.0. The van der Waals surface area contributed by atoms with Crippen LogP contribution in [0.15, 0.2) is 42.5 Å². The maximum atomic E-state index is 12.0. The van der Waals surface area contributed by atoms with Crippen LogP contribution in [0, 0.1) is 6.92 Å². The molecule has 0 aromatic heterocycles. The summed E-state index contributed by atoms with van der Waals surface area (Å²) in [5, 5.41) is 3.28. The molecule has 0 aliphatic rings. The molecule has 0 fully saturated rings. The van der Waals surface area contributed by atoms with Gasteiger partial charge in [0.25, 0.3) is 5.91 Å². The number of anilines is 3. The van der Waals surface area contributed by atoms with E-state index in [-0.39, 0.29) is 5.91 Å². The molecule has 2 rings (SSSR count). The average molecular weight is 269 g/mol. The SMILES string of the molecule is Cc1ccccc1Nc1cc(C(=O)N(C)C)ccc1N. The predicted molar refractivity (Wildman–Crippen MR) is 83.3 cm³/mol. The highest BCUT2D eigenvalue weighted by atomic mass is 16.2. The van der Waals surface area contributed by atoms with E-state index in [1.54, 1.807) is 37.2 Å². The molecule has 0 saturated carbocycles. The molecule has 20 heavy (non-hydrogen) atoms. The molecule has 0 heterocycles. The van der Waals surface area contributed by atoms with E-state index in [2.05, 4.69) is 5.32 Å². The number of hydrogen-bond acceptors (Lipinski definition) is 3. The largest absolute Gasteiger partial charge is 0.397 e. The molecule has 2 aromatic rings. The van der Waals surface area contributed by atoms with E-state index in [0.29, 0.717) is 11.3 Å². The van der Waals surface area contributed by atoms with Crippen LogP contribution in [0.4, 0.5) is 17.1 Å². The summed E-state index contributed by atoms with van der Waals surface area (Å²) in [7, 11) is 3.46. The number of benzene rings is 2. The number of amides is 1. The number of hydrogen-bond donors (Lipinski definition) is 2. The summed E-state index contributed by atoms with van der Waals surface area (Å²) in [4.78, 5) is 13.5. The van der Waals surface area contributed by atoms with E-state index in [0.717, 1.165) is 16.9 Å². The first kappa shape index (κ1) is 13.9. The number of nitrogens with zero attached hydrogens (tertiary/aromatic N) is 1. The van der Waals surface area contributed by atoms with Gasteiger partial charge in [-0.05, 0) is 36.8 Å². The number of nitrogens with one attached hydrogen (secondary N) is 1. The number of para-hydroxylation sites is 1. The lowest BCUT2D eigenvalue weighted by Gasteiger charge is -2.15. The minimum atomic E-state index is -0.0437. The molecule has 104 valence electrons. The quantitative estimate of drug-likeness (QED) is 0.842. The Morgan fingerprint density at radius 1 is 1.10 bits per heavy atom. The number of carbonyl (C=O) groups is 1. The van der Waals surface area contributed by atoms with E-state index in [9.17, 15) is 4.79 Å². The van der Waals surface area contributed by atoms with Gasteiger partial charge >= 0.3 is 0 Å². The van der Waals surface area contributed by atoms with Gasteiger partial charge in [-0.15, -0.1) is 0 Å². The van der Waals surface area contributed by atoms with Gasteiger partial charge in [-0.3, -0.25) is 4.79 Å². The van der Waals surface area contributed by atoms with E-state index in [1.165, 1.54) is 0 Å². The Morgan fingerprint density at radius 2 is 1.80 bits per heavy atom. The molecule has 0 radical (unpaired) electrons. The number of carbonyl (C=O) groups excluding carboxylic acids is 1. The lowest BCUT2D eigenvalue weighted by Crippen LogP contribution is -2.21. The van der Waals surface area contributed by atoms with Gasteiger partial charge in [0.2, 0.25) is 0 Å². The Balaban J connectivity index is 2.35. The number of aryl methyl sites for hydroxylation is 1. The van der Waals surface area contributed by atoms with Gasteiger partial charge in [0.05, 0.1) is 11.4 Å². The van der Waals surface area contributed by atoms with Crippen molar-refractivity contribution in [1.82, 2.24) is 4.90 Å². The minimum absolute atomic E-state index is 0.0437. The van der Waals surface area contributed by atoms with Crippen molar-refractivity contribution in [3.63, 3.8) is 0 Å². The van der Waals surface area contributed by atoms with E-state index >= 15 is 0 Å². The third-order valence-corrected chi connectivity index (χ3v) is 3.12. The summed E-state index contributed by atoms with van der Waals surface area (Å²) in [6, 6.07) is 13.2. The highest BCUT2D eigenvalue weighted by molar-refractivity contribution is 5.96. The zero-order valence-corrected chi connectivity index (χ0v) is 12.0. The summed E-state index contributed by atoms with van der Waals surface area (Å²) in [5.74, 6) is -0.0437. The number of nitrogens with two attached hydrogens (primary N) is 1. The summed E-state index contributed by atoms with van der Waals surface area (Å²) >= 11 is 0. The normalized spacial score (nSPS) is 10.2. The summed E-state index contributed by atoms with van der Waals surface area (Å²) in [6.45, 7) is 2.02. The van der Waals surface area contributed by atoms with E-state index in [4.69, 9.17) is 5.73 Å². The second kappa shape index (κ2) is 5.65. The Labute approximate surface area is 119 Å². The molecule has 1 amide bonds. The van der Waals surface area contributed by atoms with E-state index in [1.807, 2.05) is 31.2 Å². The average Bonchev–Trinajstić information content (AvgIpc) is 2.42. The summed E-state index contributed by atoms with van der Waals surface area (Å²) in [5.41, 5.74) is 10.0. The predicted octanol–water partition coefficient (Wildman–Crippen LogP) is 3.02. The highest BCUT2D eigenvalue weighted by Gasteiger charge is 2.10. The van der Waals surface area contributed by atoms with Crippen LogP contribution in [0.2, 0.25) is 0 Å². The van der Waals surface area contributed by atoms with Crippen LogP contribution in [0.5, 0.6) is 0 Å². The second-order valence-corrected chi connectivity index (χ2v) is 4.94. The van der Waals surface area contributed by atoms with Gasteiger partial charge in [0, 0.05) is 25.3 Å². The van der Waals surface area contributed by atoms with Gasteiger partial charge < -0.3 is 16.0 Å². The van der Waals surface area contributed by atoms with Crippen molar-refractivity contribution in [2.24, 2.45) is 0 Å². The van der Waals surface area contributed by atoms with Crippen LogP contribution in [0.1, 0.15) is 15.9 Å². The molecule has 0 bridgehead atoms. The highest BCUT2D eigenvalue weighted by Crippen LogP contribution is 2.26. The van der Waals surface area contributed by atoms with Crippen molar-refractivity contribution >= 4 is 23.0 Å². The van der Waals surface area contributed by atoms with Gasteiger partial charge in [0.15, 0.2) is 0 Å². The van der Waals surface area contributed by atoms with Crippen molar-refractivity contribution in [3.05, 3.63) is 53.6 Å². The molecule has 2 aromatic carbocycles. The van der Waals surface area contributed by atoms with Crippen molar-refractivity contribution in [2.45, 2.75) is 6.92 Å². The zero-order valence-electron chi connectivity index (χ0n) is 12.0. The molecule has 0 unspecified atom stereocenters. The molecule has 0 aliphatic heterocycles. The molecular weight excluding hydrogens is 250 g/mol. The third-order valence-electron chi connectivity index (χ3n) is 3.12. The van der Waals surface area contributed by atoms with Crippen molar-refractivity contribution in [1.29, 1.82) is 0 Å². The van der Waals surface area contributed by atoms with Crippen LogP contribution >= 0.6 is 0 Å². The third kappa shape index (κ3) is 2.91. The van der Waals surface area contributed by atoms with Crippen LogP contribution in [-0.2, 0) is 0 Å². The van der Waals surface area contributed by atoms with Crippen LogP contribution in [0.25, 0.3) is 0 Å². The van der Waals surface area contributed by atoms with E-state index < -0.39 is 0 Å². The van der Waals surface area contributed by atoms with Gasteiger partial charge in [0.1, 0.15) is 0 Å². The van der Waals surface area contributed by atoms with Gasteiger partial charge in [-0.1, -0.05) is 18.2 Å². The first-order valence-electron chi connectivity index (χ1n) is 6.43. The first-order valence-corrected chi connectivity index (χ1v) is 6.43. The lowest BCUT2D eigenvalue weighted by atomic mass is 10.1. The standard InChI is InChI=1S/C16H19N3O/c1-11-6-4-5-7-14(11)18-15-10-12(8-9-13(15)17)16(20)19(2)3/h4-10,18H,17H2,1-3H3. The number of rotatable bonds is 3. The monoisotopic (exact) mass is 269 g/mol. The van der Waals surface area contributed by atoms with Crippen LogP contribution in [0.3, 0.4) is 0 Å². The summed E-state index contributed by atoms with van der Waals surface area (Å²) < 4.78 is 0. The molecule has 0 spiro atoms. The number of nitrogen functional groups attached to an aromatic ring is 1. The van der Waals surface area contributed by atoms with Crippen molar-refractivity contribution in [3.8, 4) is 0 Å². The van der Waals surface area contributed by atoms with Crippen LogP contribution < -0.4 is 11.1 Å². The second-order valence-electron chi connectivity index (χ2n) is 4.94. The van der Waals surface area contributed by atoms with Gasteiger partial charge in [-0.25, -0.2) is 0 Å². The Kier molecular flexibility index (Phi) is 3.94. The van der Waals surface area contributed by atoms with Gasteiger partial charge in [-0.2, -0.15) is 0 Å². The van der Waals surface area contributed by atoms with Crippen LogP contribution in [-0.4, -0.2) is 24.9 Å². The zero-order chi connectivity index (χ0) is 14.7. The molecule has 4 nitrogen and oxygen atoms in total. The fourth-order valence-corrected chi connectivity index (χ4v) is 1.91. The molecule has 0 atom stereocenters. The maximum Gasteiger partial charge on any atom is 0.253 e. The minimum Gasteiger partial charge on any atom is -0.397 e. The van der Waals surface area contributed by atoms with Crippen molar-refractivity contribution in [2.75, 3.05) is 25.1 Å². The Morgan fingerprint density at radius 3 is 2.45 bits per heavy atom. The molecule has 4 heteroatoms. The lowest BCUT2D eigenvalue weighted by molar-refractivity contribution is 0.0827. The molecule has 0 saturated heterocycles. The molecular formula is C16H19N3O. The first-order chi connectivity index (χ1) is 9.49. The fourth-order valence-electron chi connectivity index (χ4n) is 1.91. The smallest absolute Gasteiger partial charge is 0.253 e. The fraction of sp³-hybridized carbons (Fsp3) is 0.188. The Hall–Kier alpha value is -2.49. The van der Waals surface area contributed by atoms with Crippen molar-refractivity contribution < 1.29 is 4.79 Å². The Bertz CT molecular complexity index is 635. The molecule has 0 aliphatic carbocycles. The topological polar surface area (TPSA) is 58.4 Å². The molecule has 3 N–H and O–H groups in total. The summed E-state index contributed by atoms with van der Waals surface area (Å²) in [6.07, 6.45) is 0.